The molecule has 0 aromatic carbocycles. The van der Waals surface area contributed by atoms with Crippen molar-refractivity contribution in [3.8, 4) is 0 Å². The molecule has 3 aromatic heterocycles. The van der Waals surface area contributed by atoms with Crippen LogP contribution in [0.25, 0.3) is 10.2 Å². The summed E-state index contributed by atoms with van der Waals surface area (Å²) in [6.45, 7) is 2.15. The van der Waals surface area contributed by atoms with Gasteiger partial charge in [-0.3, -0.25) is 9.36 Å². The highest BCUT2D eigenvalue weighted by molar-refractivity contribution is 7.16. The third-order valence-corrected chi connectivity index (χ3v) is 3.83. The third kappa shape index (κ3) is 2.47. The molecule has 108 valence electrons. The SMILES string of the molecule is CCOC(=O)c1ccoc1Cn1cnc2sccc2c1=O. The van der Waals surface area contributed by atoms with Crippen LogP contribution in [0.4, 0.5) is 0 Å². The fourth-order valence-corrected chi connectivity index (χ4v) is 2.74. The van der Waals surface area contributed by atoms with Crippen LogP contribution < -0.4 is 5.56 Å². The van der Waals surface area contributed by atoms with Gasteiger partial charge in [0.1, 0.15) is 16.2 Å². The van der Waals surface area contributed by atoms with Crippen molar-refractivity contribution in [2.24, 2.45) is 0 Å². The number of fused-ring (bicyclic) bond motifs is 1. The van der Waals surface area contributed by atoms with E-state index >= 15 is 0 Å². The van der Waals surface area contributed by atoms with Gasteiger partial charge in [-0.2, -0.15) is 0 Å². The first kappa shape index (κ1) is 13.6. The van der Waals surface area contributed by atoms with Gasteiger partial charge in [0.25, 0.3) is 5.56 Å². The molecule has 3 rings (SSSR count). The molecule has 0 amide bonds. The van der Waals surface area contributed by atoms with Crippen molar-refractivity contribution in [3.05, 3.63) is 51.8 Å². The quantitative estimate of drug-likeness (QED) is 0.691. The zero-order valence-corrected chi connectivity index (χ0v) is 12.1. The standard InChI is InChI=1S/C14H12N2O4S/c1-2-19-14(18)9-3-5-20-11(9)7-16-8-15-12-10(13(16)17)4-6-21-12/h3-6,8H,2,7H2,1H3. The minimum Gasteiger partial charge on any atom is -0.467 e. The number of hydrogen-bond acceptors (Lipinski definition) is 6. The van der Waals surface area contributed by atoms with Crippen LogP contribution >= 0.6 is 11.3 Å². The fourth-order valence-electron chi connectivity index (χ4n) is 2.01. The summed E-state index contributed by atoms with van der Waals surface area (Å²) in [4.78, 5) is 29.0. The Bertz CT molecular complexity index is 846. The molecule has 0 unspecified atom stereocenters. The van der Waals surface area contributed by atoms with Crippen molar-refractivity contribution in [1.29, 1.82) is 0 Å². The molecule has 0 aliphatic heterocycles. The van der Waals surface area contributed by atoms with E-state index in [-0.39, 0.29) is 18.7 Å². The Kier molecular flexibility index (Phi) is 3.57. The predicted octanol–water partition coefficient (Wildman–Crippen LogP) is 2.28. The number of ether oxygens (including phenoxy) is 1. The number of furan rings is 1. The summed E-state index contributed by atoms with van der Waals surface area (Å²) in [7, 11) is 0. The van der Waals surface area contributed by atoms with Gasteiger partial charge in [-0.05, 0) is 24.4 Å². The molecule has 0 aliphatic rings. The lowest BCUT2D eigenvalue weighted by molar-refractivity contribution is 0.0523. The second-order valence-corrected chi connectivity index (χ2v) is 5.19. The Morgan fingerprint density at radius 3 is 3.14 bits per heavy atom. The van der Waals surface area contributed by atoms with E-state index in [9.17, 15) is 9.59 Å². The summed E-state index contributed by atoms with van der Waals surface area (Å²) in [6.07, 6.45) is 2.86. The highest BCUT2D eigenvalue weighted by Gasteiger charge is 2.17. The second-order valence-electron chi connectivity index (χ2n) is 4.29. The normalized spacial score (nSPS) is 10.9. The Labute approximate surface area is 123 Å². The van der Waals surface area contributed by atoms with E-state index in [0.717, 1.165) is 0 Å². The van der Waals surface area contributed by atoms with Crippen molar-refractivity contribution >= 4 is 27.5 Å². The molecule has 7 heteroatoms. The van der Waals surface area contributed by atoms with Crippen molar-refractivity contribution in [2.75, 3.05) is 6.61 Å². The van der Waals surface area contributed by atoms with Crippen molar-refractivity contribution in [1.82, 2.24) is 9.55 Å². The molecule has 0 atom stereocenters. The van der Waals surface area contributed by atoms with Gasteiger partial charge in [-0.1, -0.05) is 0 Å². The zero-order valence-electron chi connectivity index (χ0n) is 11.2. The molecule has 0 bridgehead atoms. The smallest absolute Gasteiger partial charge is 0.341 e. The Balaban J connectivity index is 1.96. The van der Waals surface area contributed by atoms with Gasteiger partial charge in [0.15, 0.2) is 0 Å². The second kappa shape index (κ2) is 5.53. The summed E-state index contributed by atoms with van der Waals surface area (Å²) in [6, 6.07) is 3.27. The molecule has 6 nitrogen and oxygen atoms in total. The molecule has 0 aliphatic carbocycles. The maximum Gasteiger partial charge on any atom is 0.341 e. The first-order chi connectivity index (χ1) is 10.2. The van der Waals surface area contributed by atoms with Crippen LogP contribution in [0, 0.1) is 0 Å². The number of nitrogens with zero attached hydrogens (tertiary/aromatic N) is 2. The molecule has 0 saturated carbocycles. The summed E-state index contributed by atoms with van der Waals surface area (Å²) in [5.41, 5.74) is 0.168. The molecule has 3 heterocycles. The van der Waals surface area contributed by atoms with E-state index in [1.807, 2.05) is 5.38 Å². The topological polar surface area (TPSA) is 74.3 Å². The average molecular weight is 304 g/mol. The van der Waals surface area contributed by atoms with Crippen LogP contribution in [0.5, 0.6) is 0 Å². The van der Waals surface area contributed by atoms with Gasteiger partial charge >= 0.3 is 5.97 Å². The number of carbonyl (C=O) groups excluding carboxylic acids is 1. The van der Waals surface area contributed by atoms with Gasteiger partial charge in [-0.25, -0.2) is 9.78 Å². The molecule has 3 aromatic rings. The van der Waals surface area contributed by atoms with Gasteiger partial charge < -0.3 is 9.15 Å². The molecule has 0 fully saturated rings. The van der Waals surface area contributed by atoms with E-state index in [0.29, 0.717) is 21.5 Å². The summed E-state index contributed by atoms with van der Waals surface area (Å²) in [5.74, 6) is -0.0780. The van der Waals surface area contributed by atoms with E-state index in [1.165, 1.54) is 34.6 Å². The van der Waals surface area contributed by atoms with E-state index in [4.69, 9.17) is 9.15 Å². The van der Waals surface area contributed by atoms with E-state index in [2.05, 4.69) is 4.98 Å². The van der Waals surface area contributed by atoms with Crippen LogP contribution in [0.1, 0.15) is 23.0 Å². The van der Waals surface area contributed by atoms with Crippen LogP contribution in [0.2, 0.25) is 0 Å². The van der Waals surface area contributed by atoms with Crippen molar-refractivity contribution in [3.63, 3.8) is 0 Å². The lowest BCUT2D eigenvalue weighted by atomic mass is 10.2. The number of aromatic nitrogens is 2. The van der Waals surface area contributed by atoms with Gasteiger partial charge in [-0.15, -0.1) is 11.3 Å². The highest BCUT2D eigenvalue weighted by atomic mass is 32.1. The van der Waals surface area contributed by atoms with Crippen LogP contribution in [0.15, 0.2) is 39.3 Å². The van der Waals surface area contributed by atoms with E-state index < -0.39 is 5.97 Å². The molecule has 0 spiro atoms. The minimum absolute atomic E-state index is 0.138. The highest BCUT2D eigenvalue weighted by Crippen LogP contribution is 2.16. The molecular weight excluding hydrogens is 292 g/mol. The first-order valence-electron chi connectivity index (χ1n) is 6.37. The van der Waals surface area contributed by atoms with E-state index in [1.54, 1.807) is 13.0 Å². The maximum atomic E-state index is 12.3. The number of hydrogen-bond donors (Lipinski definition) is 0. The molecule has 21 heavy (non-hydrogen) atoms. The largest absolute Gasteiger partial charge is 0.467 e. The number of thiophene rings is 1. The number of esters is 1. The zero-order chi connectivity index (χ0) is 14.8. The predicted molar refractivity (Wildman–Crippen MR) is 77.6 cm³/mol. The van der Waals surface area contributed by atoms with Crippen LogP contribution in [-0.4, -0.2) is 22.1 Å². The molecule has 0 saturated heterocycles. The fraction of sp³-hybridized carbons (Fsp3) is 0.214. The maximum absolute atomic E-state index is 12.3. The summed E-state index contributed by atoms with van der Waals surface area (Å²) < 4.78 is 11.7. The van der Waals surface area contributed by atoms with Crippen LogP contribution in [-0.2, 0) is 11.3 Å². The molecular formula is C14H12N2O4S. The lowest BCUT2D eigenvalue weighted by Gasteiger charge is -2.05. The average Bonchev–Trinajstić information content (AvgIpc) is 3.11. The lowest BCUT2D eigenvalue weighted by Crippen LogP contribution is -2.21. The van der Waals surface area contributed by atoms with Crippen molar-refractivity contribution in [2.45, 2.75) is 13.5 Å². The third-order valence-electron chi connectivity index (χ3n) is 3.01. The minimum atomic E-state index is -0.459. The Morgan fingerprint density at radius 2 is 2.33 bits per heavy atom. The number of carbonyl (C=O) groups is 1. The first-order valence-corrected chi connectivity index (χ1v) is 7.24. The summed E-state index contributed by atoms with van der Waals surface area (Å²) >= 11 is 1.41. The Morgan fingerprint density at radius 1 is 1.48 bits per heavy atom. The molecule has 0 N–H and O–H groups in total. The van der Waals surface area contributed by atoms with Gasteiger partial charge in [0.05, 0.1) is 31.1 Å². The number of rotatable bonds is 4. The van der Waals surface area contributed by atoms with Crippen molar-refractivity contribution < 1.29 is 13.9 Å². The molecule has 0 radical (unpaired) electrons. The van der Waals surface area contributed by atoms with Gasteiger partial charge in [0, 0.05) is 0 Å². The monoisotopic (exact) mass is 304 g/mol. The summed E-state index contributed by atoms with van der Waals surface area (Å²) in [5, 5.41) is 2.38. The Hall–Kier alpha value is -2.41. The van der Waals surface area contributed by atoms with Crippen LogP contribution in [0.3, 0.4) is 0 Å². The van der Waals surface area contributed by atoms with Gasteiger partial charge in [0.2, 0.25) is 0 Å².